The molecule has 0 aliphatic carbocycles. The van der Waals surface area contributed by atoms with Gasteiger partial charge < -0.3 is 10.1 Å². The zero-order valence-electron chi connectivity index (χ0n) is 9.64. The summed E-state index contributed by atoms with van der Waals surface area (Å²) in [5, 5.41) is 4.34. The minimum atomic E-state index is -0.0932. The fraction of sp³-hybridized carbons (Fsp3) is 0.538. The highest BCUT2D eigenvalue weighted by Gasteiger charge is 2.48. The second-order valence-electron chi connectivity index (χ2n) is 4.93. The van der Waals surface area contributed by atoms with Crippen LogP contribution in [-0.2, 0) is 10.3 Å². The average Bonchev–Trinajstić information content (AvgIpc) is 2.86. The molecule has 86 valence electrons. The summed E-state index contributed by atoms with van der Waals surface area (Å²) in [5.74, 6) is 0. The molecule has 2 saturated heterocycles. The molecular weight excluding hydrogens is 222 g/mol. The SMILES string of the molecule is Cc1c(Cl)ccc(C23CNC(CO2)C3)c1C. The fourth-order valence-corrected chi connectivity index (χ4v) is 3.11. The van der Waals surface area contributed by atoms with Crippen LogP contribution in [0.15, 0.2) is 12.1 Å². The highest BCUT2D eigenvalue weighted by atomic mass is 35.5. The molecule has 16 heavy (non-hydrogen) atoms. The summed E-state index contributed by atoms with van der Waals surface area (Å²) in [7, 11) is 0. The van der Waals surface area contributed by atoms with Crippen molar-refractivity contribution in [2.75, 3.05) is 13.2 Å². The highest BCUT2D eigenvalue weighted by Crippen LogP contribution is 2.42. The van der Waals surface area contributed by atoms with Crippen LogP contribution in [0.3, 0.4) is 0 Å². The van der Waals surface area contributed by atoms with Crippen molar-refractivity contribution in [1.29, 1.82) is 0 Å². The first-order chi connectivity index (χ1) is 7.62. The molecule has 2 aliphatic heterocycles. The fourth-order valence-electron chi connectivity index (χ4n) is 2.90. The van der Waals surface area contributed by atoms with E-state index in [0.29, 0.717) is 6.04 Å². The summed E-state index contributed by atoms with van der Waals surface area (Å²) in [6.07, 6.45) is 1.09. The lowest BCUT2D eigenvalue weighted by Crippen LogP contribution is -2.37. The molecule has 2 nitrogen and oxygen atoms in total. The van der Waals surface area contributed by atoms with E-state index < -0.39 is 0 Å². The molecule has 0 spiro atoms. The van der Waals surface area contributed by atoms with E-state index in [1.165, 1.54) is 16.7 Å². The van der Waals surface area contributed by atoms with Crippen LogP contribution in [-0.4, -0.2) is 19.2 Å². The summed E-state index contributed by atoms with van der Waals surface area (Å²) < 4.78 is 6.00. The largest absolute Gasteiger partial charge is 0.367 e. The monoisotopic (exact) mass is 237 g/mol. The van der Waals surface area contributed by atoms with Crippen LogP contribution in [0.4, 0.5) is 0 Å². The second kappa shape index (κ2) is 3.46. The Balaban J connectivity index is 2.10. The lowest BCUT2D eigenvalue weighted by Gasteiger charge is -2.29. The normalized spacial score (nSPS) is 32.3. The number of fused-ring (bicyclic) bond motifs is 2. The molecule has 0 aromatic heterocycles. The third-order valence-electron chi connectivity index (χ3n) is 4.03. The van der Waals surface area contributed by atoms with Crippen molar-refractivity contribution in [3.05, 3.63) is 33.8 Å². The molecule has 0 amide bonds. The maximum Gasteiger partial charge on any atom is 0.107 e. The van der Waals surface area contributed by atoms with Gasteiger partial charge in [-0.3, -0.25) is 0 Å². The molecule has 2 atom stereocenters. The number of ether oxygens (including phenoxy) is 1. The third kappa shape index (κ3) is 1.33. The molecule has 1 aromatic rings. The van der Waals surface area contributed by atoms with Crippen LogP contribution in [0.25, 0.3) is 0 Å². The first-order valence-corrected chi connectivity index (χ1v) is 6.14. The van der Waals surface area contributed by atoms with E-state index in [4.69, 9.17) is 16.3 Å². The zero-order chi connectivity index (χ0) is 11.3. The van der Waals surface area contributed by atoms with Gasteiger partial charge in [-0.25, -0.2) is 0 Å². The Kier molecular flexibility index (Phi) is 2.29. The molecule has 0 radical (unpaired) electrons. The van der Waals surface area contributed by atoms with Gasteiger partial charge in [-0.15, -0.1) is 0 Å². The van der Waals surface area contributed by atoms with Gasteiger partial charge in [-0.1, -0.05) is 17.7 Å². The molecule has 3 rings (SSSR count). The maximum atomic E-state index is 6.14. The van der Waals surface area contributed by atoms with Crippen LogP contribution in [0.5, 0.6) is 0 Å². The molecule has 2 aliphatic rings. The first kappa shape index (κ1) is 10.6. The molecule has 2 bridgehead atoms. The Labute approximate surface area is 101 Å². The number of halogens is 1. The van der Waals surface area contributed by atoms with Gasteiger partial charge in [0.25, 0.3) is 0 Å². The van der Waals surface area contributed by atoms with Gasteiger partial charge >= 0.3 is 0 Å². The number of benzene rings is 1. The number of rotatable bonds is 1. The van der Waals surface area contributed by atoms with Crippen molar-refractivity contribution < 1.29 is 4.74 Å². The van der Waals surface area contributed by atoms with Gasteiger partial charge in [-0.05, 0) is 43.0 Å². The summed E-state index contributed by atoms with van der Waals surface area (Å²) in [5.41, 5.74) is 3.66. The topological polar surface area (TPSA) is 21.3 Å². The minimum absolute atomic E-state index is 0.0932. The van der Waals surface area contributed by atoms with Crippen molar-refractivity contribution in [2.24, 2.45) is 0 Å². The molecule has 1 aromatic carbocycles. The lowest BCUT2D eigenvalue weighted by molar-refractivity contribution is -0.0101. The van der Waals surface area contributed by atoms with E-state index in [9.17, 15) is 0 Å². The van der Waals surface area contributed by atoms with Crippen molar-refractivity contribution in [2.45, 2.75) is 31.9 Å². The molecule has 0 saturated carbocycles. The smallest absolute Gasteiger partial charge is 0.107 e. The summed E-state index contributed by atoms with van der Waals surface area (Å²) >= 11 is 6.14. The van der Waals surface area contributed by atoms with E-state index in [1.807, 2.05) is 6.07 Å². The zero-order valence-corrected chi connectivity index (χ0v) is 10.4. The van der Waals surface area contributed by atoms with Gasteiger partial charge in [0, 0.05) is 17.6 Å². The third-order valence-corrected chi connectivity index (χ3v) is 4.43. The minimum Gasteiger partial charge on any atom is -0.367 e. The van der Waals surface area contributed by atoms with E-state index in [-0.39, 0.29) is 5.60 Å². The molecule has 3 heteroatoms. The Hall–Kier alpha value is -0.570. The van der Waals surface area contributed by atoms with Crippen molar-refractivity contribution >= 4 is 11.6 Å². The Bertz CT molecular complexity index is 436. The number of hydrogen-bond acceptors (Lipinski definition) is 2. The molecular formula is C13H16ClNO. The predicted octanol–water partition coefficient (Wildman–Crippen LogP) is 2.54. The van der Waals surface area contributed by atoms with Crippen LogP contribution >= 0.6 is 11.6 Å². The van der Waals surface area contributed by atoms with Crippen LogP contribution < -0.4 is 5.32 Å². The van der Waals surface area contributed by atoms with Gasteiger partial charge in [0.05, 0.1) is 6.61 Å². The predicted molar refractivity (Wildman–Crippen MR) is 65.0 cm³/mol. The van der Waals surface area contributed by atoms with E-state index >= 15 is 0 Å². The van der Waals surface area contributed by atoms with Crippen molar-refractivity contribution in [1.82, 2.24) is 5.32 Å². The van der Waals surface area contributed by atoms with Gasteiger partial charge in [0.1, 0.15) is 5.60 Å². The van der Waals surface area contributed by atoms with E-state index in [0.717, 1.165) is 24.6 Å². The van der Waals surface area contributed by atoms with E-state index in [1.54, 1.807) is 0 Å². The quantitative estimate of drug-likeness (QED) is 0.811. The second-order valence-corrected chi connectivity index (χ2v) is 5.34. The van der Waals surface area contributed by atoms with Gasteiger partial charge in [-0.2, -0.15) is 0 Å². The van der Waals surface area contributed by atoms with Gasteiger partial charge in [0.15, 0.2) is 0 Å². The Morgan fingerprint density at radius 1 is 1.38 bits per heavy atom. The van der Waals surface area contributed by atoms with Crippen molar-refractivity contribution in [3.63, 3.8) is 0 Å². The Morgan fingerprint density at radius 3 is 2.75 bits per heavy atom. The van der Waals surface area contributed by atoms with Crippen LogP contribution in [0, 0.1) is 13.8 Å². The number of morpholine rings is 1. The van der Waals surface area contributed by atoms with E-state index in [2.05, 4.69) is 25.2 Å². The average molecular weight is 238 g/mol. The molecule has 2 heterocycles. The summed E-state index contributed by atoms with van der Waals surface area (Å²) in [6.45, 7) is 5.98. The molecule has 2 unspecified atom stereocenters. The van der Waals surface area contributed by atoms with Crippen molar-refractivity contribution in [3.8, 4) is 0 Å². The molecule has 2 fully saturated rings. The summed E-state index contributed by atoms with van der Waals surface area (Å²) in [4.78, 5) is 0. The number of nitrogens with one attached hydrogen (secondary N) is 1. The van der Waals surface area contributed by atoms with Crippen LogP contribution in [0.2, 0.25) is 5.02 Å². The Morgan fingerprint density at radius 2 is 2.19 bits per heavy atom. The first-order valence-electron chi connectivity index (χ1n) is 5.76. The highest BCUT2D eigenvalue weighted by molar-refractivity contribution is 6.31. The lowest BCUT2D eigenvalue weighted by atomic mass is 9.87. The number of hydrogen-bond donors (Lipinski definition) is 1. The molecule has 1 N–H and O–H groups in total. The maximum absolute atomic E-state index is 6.14. The van der Waals surface area contributed by atoms with Gasteiger partial charge in [0.2, 0.25) is 0 Å². The summed E-state index contributed by atoms with van der Waals surface area (Å²) in [6, 6.07) is 4.65. The van der Waals surface area contributed by atoms with Crippen LogP contribution in [0.1, 0.15) is 23.1 Å². The standard InChI is InChI=1S/C13H16ClNO/c1-8-9(2)12(14)4-3-11(8)13-5-10(6-16-13)15-7-13/h3-4,10,15H,5-7H2,1-2H3.